The quantitative estimate of drug-likeness (QED) is 0.330. The SMILES string of the molecule is CCOC(=O)Cn1c(=NC(=O)CS(=O)(=O)CC(=O)N2CCN(c3ccccc3)CC2)sc2cc(C(=O)OC)ccc21. The molecule has 2 aromatic carbocycles. The molecular formula is C27H30N4O8S2. The minimum absolute atomic E-state index is 0.0543. The number of nitrogens with zero attached hydrogens (tertiary/aromatic N) is 4. The van der Waals surface area contributed by atoms with Crippen molar-refractivity contribution in [3.63, 3.8) is 0 Å². The van der Waals surface area contributed by atoms with Gasteiger partial charge in [-0.05, 0) is 37.3 Å². The summed E-state index contributed by atoms with van der Waals surface area (Å²) in [5.41, 5.74) is 1.78. The van der Waals surface area contributed by atoms with Gasteiger partial charge in [-0.15, -0.1) is 0 Å². The highest BCUT2D eigenvalue weighted by atomic mass is 32.2. The first-order chi connectivity index (χ1) is 19.6. The first-order valence-corrected chi connectivity index (χ1v) is 15.5. The second kappa shape index (κ2) is 13.1. The fraction of sp³-hybridized carbons (Fsp3) is 0.370. The van der Waals surface area contributed by atoms with E-state index in [1.165, 1.54) is 28.7 Å². The molecule has 0 bridgehead atoms. The molecule has 4 rings (SSSR count). The summed E-state index contributed by atoms with van der Waals surface area (Å²) < 4.78 is 37.3. The largest absolute Gasteiger partial charge is 0.465 e. The van der Waals surface area contributed by atoms with Crippen LogP contribution in [0.4, 0.5) is 5.69 Å². The van der Waals surface area contributed by atoms with Crippen LogP contribution >= 0.6 is 11.3 Å². The fourth-order valence-electron chi connectivity index (χ4n) is 4.40. The average Bonchev–Trinajstić information content (AvgIpc) is 3.28. The van der Waals surface area contributed by atoms with Gasteiger partial charge in [-0.3, -0.25) is 14.4 Å². The van der Waals surface area contributed by atoms with Crippen molar-refractivity contribution in [3.05, 3.63) is 58.9 Å². The van der Waals surface area contributed by atoms with Crippen molar-refractivity contribution in [2.75, 3.05) is 56.3 Å². The summed E-state index contributed by atoms with van der Waals surface area (Å²) in [6, 6.07) is 14.3. The average molecular weight is 603 g/mol. The maximum Gasteiger partial charge on any atom is 0.337 e. The van der Waals surface area contributed by atoms with E-state index in [1.54, 1.807) is 13.0 Å². The molecule has 1 aromatic heterocycles. The summed E-state index contributed by atoms with van der Waals surface area (Å²) in [6.45, 7) is 3.38. The first-order valence-electron chi connectivity index (χ1n) is 12.8. The maximum atomic E-state index is 12.8. The molecule has 0 spiro atoms. The molecule has 41 heavy (non-hydrogen) atoms. The zero-order chi connectivity index (χ0) is 29.6. The lowest BCUT2D eigenvalue weighted by molar-refractivity contribution is -0.143. The number of sulfone groups is 1. The lowest BCUT2D eigenvalue weighted by Crippen LogP contribution is -2.50. The molecule has 218 valence electrons. The number of carbonyl (C=O) groups is 4. The molecule has 2 heterocycles. The Labute approximate surface area is 240 Å². The zero-order valence-electron chi connectivity index (χ0n) is 22.6. The van der Waals surface area contributed by atoms with Crippen molar-refractivity contribution in [2.45, 2.75) is 13.5 Å². The van der Waals surface area contributed by atoms with E-state index in [2.05, 4.69) is 9.89 Å². The van der Waals surface area contributed by atoms with E-state index < -0.39 is 45.1 Å². The molecule has 1 saturated heterocycles. The number of ether oxygens (including phenoxy) is 2. The third-order valence-electron chi connectivity index (χ3n) is 6.36. The Balaban J connectivity index is 1.48. The molecule has 1 fully saturated rings. The number of benzene rings is 2. The van der Waals surface area contributed by atoms with Crippen molar-refractivity contribution in [1.82, 2.24) is 9.47 Å². The fourth-order valence-corrected chi connectivity index (χ4v) is 6.59. The Morgan fingerprint density at radius 1 is 0.976 bits per heavy atom. The van der Waals surface area contributed by atoms with E-state index in [-0.39, 0.29) is 23.5 Å². The maximum absolute atomic E-state index is 12.8. The zero-order valence-corrected chi connectivity index (χ0v) is 24.3. The summed E-state index contributed by atoms with van der Waals surface area (Å²) in [4.78, 5) is 57.3. The molecule has 0 aliphatic carbocycles. The molecular weight excluding hydrogens is 572 g/mol. The van der Waals surface area contributed by atoms with Crippen LogP contribution < -0.4 is 9.70 Å². The lowest BCUT2D eigenvalue weighted by atomic mass is 10.2. The molecule has 0 saturated carbocycles. The number of hydrogen-bond donors (Lipinski definition) is 0. The molecule has 0 unspecified atom stereocenters. The highest BCUT2D eigenvalue weighted by Crippen LogP contribution is 2.20. The number of fused-ring (bicyclic) bond motifs is 1. The van der Waals surface area contributed by atoms with E-state index in [0.717, 1.165) is 17.0 Å². The van der Waals surface area contributed by atoms with Crippen LogP contribution in [-0.2, 0) is 40.2 Å². The molecule has 12 nitrogen and oxygen atoms in total. The van der Waals surface area contributed by atoms with E-state index in [9.17, 15) is 27.6 Å². The first kappa shape index (κ1) is 29.9. The number of anilines is 1. The van der Waals surface area contributed by atoms with E-state index in [0.29, 0.717) is 36.4 Å². The number of piperazine rings is 1. The summed E-state index contributed by atoms with van der Waals surface area (Å²) in [6.07, 6.45) is 0. The summed E-state index contributed by atoms with van der Waals surface area (Å²) in [7, 11) is -2.87. The summed E-state index contributed by atoms with van der Waals surface area (Å²) in [5.74, 6) is -4.47. The Bertz CT molecular complexity index is 1620. The third kappa shape index (κ3) is 7.58. The number of rotatable bonds is 9. The second-order valence-corrected chi connectivity index (χ2v) is 12.3. The van der Waals surface area contributed by atoms with E-state index in [4.69, 9.17) is 9.47 Å². The predicted molar refractivity (Wildman–Crippen MR) is 152 cm³/mol. The molecule has 2 amide bonds. The number of hydrogen-bond acceptors (Lipinski definition) is 10. The third-order valence-corrected chi connectivity index (χ3v) is 8.77. The van der Waals surface area contributed by atoms with Gasteiger partial charge in [-0.2, -0.15) is 4.99 Å². The number of esters is 2. The van der Waals surface area contributed by atoms with Crippen molar-refractivity contribution in [3.8, 4) is 0 Å². The number of methoxy groups -OCH3 is 1. The van der Waals surface area contributed by atoms with Gasteiger partial charge in [0, 0.05) is 31.9 Å². The summed E-state index contributed by atoms with van der Waals surface area (Å²) in [5, 5.41) is 0. The highest BCUT2D eigenvalue weighted by molar-refractivity contribution is 7.92. The van der Waals surface area contributed by atoms with Gasteiger partial charge < -0.3 is 23.8 Å². The highest BCUT2D eigenvalue weighted by Gasteiger charge is 2.27. The number of thiazole rings is 1. The van der Waals surface area contributed by atoms with Gasteiger partial charge in [0.15, 0.2) is 14.6 Å². The molecule has 3 aromatic rings. The van der Waals surface area contributed by atoms with Crippen LogP contribution in [0, 0.1) is 0 Å². The number of para-hydroxylation sites is 1. The van der Waals surface area contributed by atoms with Crippen molar-refractivity contribution < 1.29 is 37.1 Å². The number of carbonyl (C=O) groups excluding carboxylic acids is 4. The van der Waals surface area contributed by atoms with Gasteiger partial charge in [0.25, 0.3) is 5.91 Å². The number of amides is 2. The van der Waals surface area contributed by atoms with Crippen molar-refractivity contribution >= 4 is 60.8 Å². The predicted octanol–water partition coefficient (Wildman–Crippen LogP) is 1.24. The molecule has 1 aliphatic heterocycles. The van der Waals surface area contributed by atoms with Crippen LogP contribution in [0.3, 0.4) is 0 Å². The standard InChI is InChI=1S/C27H30N4O8S2/c1-3-39-25(34)16-31-21-10-9-19(26(35)38-2)15-22(21)40-27(31)28-23(32)17-41(36,37)18-24(33)30-13-11-29(12-14-30)20-7-5-4-6-8-20/h4-10,15H,3,11-14,16-18H2,1-2H3. The normalized spacial score (nSPS) is 14.2. The van der Waals surface area contributed by atoms with Gasteiger partial charge in [-0.25, -0.2) is 13.2 Å². The number of aromatic nitrogens is 1. The minimum atomic E-state index is -4.12. The molecule has 0 atom stereocenters. The summed E-state index contributed by atoms with van der Waals surface area (Å²) >= 11 is 1.00. The van der Waals surface area contributed by atoms with Crippen LogP contribution in [0.2, 0.25) is 0 Å². The van der Waals surface area contributed by atoms with E-state index in [1.807, 2.05) is 30.3 Å². The van der Waals surface area contributed by atoms with Gasteiger partial charge >= 0.3 is 11.9 Å². The van der Waals surface area contributed by atoms with Crippen molar-refractivity contribution in [2.24, 2.45) is 4.99 Å². The lowest BCUT2D eigenvalue weighted by Gasteiger charge is -2.36. The Hall–Kier alpha value is -4.04. The van der Waals surface area contributed by atoms with Crippen LogP contribution in [0.15, 0.2) is 53.5 Å². The Morgan fingerprint density at radius 2 is 1.68 bits per heavy atom. The van der Waals surface area contributed by atoms with Gasteiger partial charge in [0.2, 0.25) is 5.91 Å². The molecule has 14 heteroatoms. The van der Waals surface area contributed by atoms with Gasteiger partial charge in [0.1, 0.15) is 18.1 Å². The van der Waals surface area contributed by atoms with Crippen molar-refractivity contribution in [1.29, 1.82) is 0 Å². The molecule has 1 aliphatic rings. The van der Waals surface area contributed by atoms with Gasteiger partial charge in [0.05, 0.1) is 29.5 Å². The van der Waals surface area contributed by atoms with E-state index >= 15 is 0 Å². The smallest absolute Gasteiger partial charge is 0.337 e. The second-order valence-electron chi connectivity index (χ2n) is 9.19. The van der Waals surface area contributed by atoms with Crippen LogP contribution in [-0.4, -0.2) is 93.0 Å². The minimum Gasteiger partial charge on any atom is -0.465 e. The Kier molecular flexibility index (Phi) is 9.55. The molecule has 0 radical (unpaired) electrons. The van der Waals surface area contributed by atoms with Crippen LogP contribution in [0.25, 0.3) is 10.2 Å². The van der Waals surface area contributed by atoms with Crippen LogP contribution in [0.1, 0.15) is 17.3 Å². The van der Waals surface area contributed by atoms with Crippen LogP contribution in [0.5, 0.6) is 0 Å². The van der Waals surface area contributed by atoms with Gasteiger partial charge in [-0.1, -0.05) is 29.5 Å². The topological polar surface area (TPSA) is 145 Å². The monoisotopic (exact) mass is 602 g/mol. The Morgan fingerprint density at radius 3 is 2.34 bits per heavy atom. The molecule has 0 N–H and O–H groups in total.